The van der Waals surface area contributed by atoms with Crippen molar-refractivity contribution in [1.29, 1.82) is 10.8 Å². The number of nitrogens with one attached hydrogen (secondary N) is 4. The Morgan fingerprint density at radius 1 is 0.731 bits per heavy atom. The number of nitrogen functional groups attached to an aromatic ring is 2. The van der Waals surface area contributed by atoms with E-state index in [2.05, 4.69) is 10.6 Å². The molecule has 0 atom stereocenters. The van der Waals surface area contributed by atoms with Crippen LogP contribution in [0, 0.1) is 22.7 Å². The number of anilines is 4. The van der Waals surface area contributed by atoms with Gasteiger partial charge < -0.3 is 22.1 Å². The summed E-state index contributed by atoms with van der Waals surface area (Å²) in [5.74, 6) is 1.01. The molecule has 0 fully saturated rings. The van der Waals surface area contributed by atoms with Gasteiger partial charge in [0.1, 0.15) is 11.7 Å². The Morgan fingerprint density at radius 2 is 1.08 bits per heavy atom. The first-order chi connectivity index (χ1) is 12.2. The second-order valence-corrected chi connectivity index (χ2v) is 6.99. The van der Waals surface area contributed by atoms with Gasteiger partial charge in [-0.25, -0.2) is 0 Å². The van der Waals surface area contributed by atoms with Gasteiger partial charge in [-0.05, 0) is 35.4 Å². The first-order valence-corrected chi connectivity index (χ1v) is 8.69. The number of hydrogen-bond donors (Lipinski definition) is 6. The fourth-order valence-electron chi connectivity index (χ4n) is 2.27. The molecule has 8 N–H and O–H groups in total. The van der Waals surface area contributed by atoms with Gasteiger partial charge in [0.25, 0.3) is 0 Å². The molecule has 0 spiro atoms. The highest BCUT2D eigenvalue weighted by Crippen LogP contribution is 2.31. The molecule has 0 aliphatic carbocycles. The largest absolute Gasteiger partial charge is 0.397 e. The smallest absolute Gasteiger partial charge is 0.100 e. The van der Waals surface area contributed by atoms with E-state index in [1.54, 1.807) is 0 Å². The maximum absolute atomic E-state index is 8.02. The quantitative estimate of drug-likeness (QED) is 0.267. The van der Waals surface area contributed by atoms with Crippen molar-refractivity contribution in [3.05, 3.63) is 36.4 Å². The van der Waals surface area contributed by atoms with Gasteiger partial charge in [-0.1, -0.05) is 39.8 Å². The van der Waals surface area contributed by atoms with Crippen LogP contribution in [0.2, 0.25) is 0 Å². The van der Waals surface area contributed by atoms with Crippen LogP contribution >= 0.6 is 0 Å². The topological polar surface area (TPSA) is 124 Å². The second kappa shape index (κ2) is 7.91. The van der Waals surface area contributed by atoms with Gasteiger partial charge in [-0.2, -0.15) is 0 Å². The van der Waals surface area contributed by atoms with E-state index >= 15 is 0 Å². The van der Waals surface area contributed by atoms with E-state index in [9.17, 15) is 0 Å². The molecule has 2 rings (SSSR count). The van der Waals surface area contributed by atoms with Gasteiger partial charge in [-0.3, -0.25) is 10.8 Å². The predicted molar refractivity (Wildman–Crippen MR) is 113 cm³/mol. The summed E-state index contributed by atoms with van der Waals surface area (Å²) in [6.07, 6.45) is 0. The van der Waals surface area contributed by atoms with Crippen molar-refractivity contribution in [3.8, 4) is 11.1 Å². The van der Waals surface area contributed by atoms with Crippen LogP contribution in [0.15, 0.2) is 36.4 Å². The molecule has 0 saturated heterocycles. The average Bonchev–Trinajstić information content (AvgIpc) is 2.58. The zero-order valence-corrected chi connectivity index (χ0v) is 15.8. The summed E-state index contributed by atoms with van der Waals surface area (Å²) in [5.41, 5.74) is 16.6. The minimum atomic E-state index is 0.0902. The molecular formula is C20H28N6. The first kappa shape index (κ1) is 19.3. The van der Waals surface area contributed by atoms with Crippen LogP contribution in [0.3, 0.4) is 0 Å². The number of hydrogen-bond acceptors (Lipinski definition) is 4. The molecule has 0 amide bonds. The summed E-state index contributed by atoms with van der Waals surface area (Å²) in [5, 5.41) is 22.2. The molecule has 0 aliphatic rings. The van der Waals surface area contributed by atoms with Gasteiger partial charge in [0.2, 0.25) is 0 Å². The second-order valence-electron chi connectivity index (χ2n) is 6.99. The summed E-state index contributed by atoms with van der Waals surface area (Å²) < 4.78 is 0. The molecule has 0 bridgehead atoms. The van der Waals surface area contributed by atoms with E-state index in [4.69, 9.17) is 22.3 Å². The maximum atomic E-state index is 8.02. The van der Waals surface area contributed by atoms with Crippen LogP contribution < -0.4 is 22.1 Å². The van der Waals surface area contributed by atoms with Crippen molar-refractivity contribution in [2.24, 2.45) is 11.8 Å². The molecule has 138 valence electrons. The van der Waals surface area contributed by atoms with Crippen LogP contribution in [0.4, 0.5) is 22.7 Å². The van der Waals surface area contributed by atoms with Crippen molar-refractivity contribution in [1.82, 2.24) is 0 Å². The lowest BCUT2D eigenvalue weighted by Gasteiger charge is -2.16. The van der Waals surface area contributed by atoms with E-state index in [-0.39, 0.29) is 11.8 Å². The van der Waals surface area contributed by atoms with Crippen molar-refractivity contribution in [3.63, 3.8) is 0 Å². The molecular weight excluding hydrogens is 324 g/mol. The molecule has 0 radical (unpaired) electrons. The first-order valence-electron chi connectivity index (χ1n) is 8.69. The summed E-state index contributed by atoms with van der Waals surface area (Å²) >= 11 is 0. The van der Waals surface area contributed by atoms with E-state index in [0.29, 0.717) is 34.4 Å². The Kier molecular flexibility index (Phi) is 5.87. The minimum Gasteiger partial charge on any atom is -0.397 e. The summed E-state index contributed by atoms with van der Waals surface area (Å²) in [7, 11) is 0. The summed E-state index contributed by atoms with van der Waals surface area (Å²) in [6, 6.07) is 11.4. The standard InChI is InChI=1S/C20H28N6/c1-11(2)19(23)25-17-9-13(5-7-15(17)21)14-6-8-16(22)18(10-14)26-20(24)12(3)4/h5-12H,21-22H2,1-4H3,(H2,23,25)(H2,24,26). The van der Waals surface area contributed by atoms with Gasteiger partial charge in [0.15, 0.2) is 0 Å². The zero-order valence-electron chi connectivity index (χ0n) is 15.8. The number of benzene rings is 2. The highest BCUT2D eigenvalue weighted by molar-refractivity contribution is 5.99. The van der Waals surface area contributed by atoms with Crippen LogP contribution in [-0.4, -0.2) is 11.7 Å². The molecule has 2 aromatic rings. The molecule has 26 heavy (non-hydrogen) atoms. The Morgan fingerprint density at radius 3 is 1.38 bits per heavy atom. The average molecular weight is 352 g/mol. The molecule has 0 unspecified atom stereocenters. The summed E-state index contributed by atoms with van der Waals surface area (Å²) in [6.45, 7) is 7.82. The highest BCUT2D eigenvalue weighted by atomic mass is 15.0. The maximum Gasteiger partial charge on any atom is 0.100 e. The van der Waals surface area contributed by atoms with Gasteiger partial charge in [0, 0.05) is 11.8 Å². The van der Waals surface area contributed by atoms with Gasteiger partial charge in [0.05, 0.1) is 22.7 Å². The Bertz CT molecular complexity index is 754. The fourth-order valence-corrected chi connectivity index (χ4v) is 2.27. The van der Waals surface area contributed by atoms with E-state index in [1.807, 2.05) is 64.1 Å². The molecule has 0 aromatic heterocycles. The SMILES string of the molecule is CC(C)C(=N)Nc1cc(-c2ccc(N)c(NC(=N)C(C)C)c2)ccc1N. The molecule has 2 aromatic carbocycles. The van der Waals surface area contributed by atoms with Crippen LogP contribution in [-0.2, 0) is 0 Å². The van der Waals surface area contributed by atoms with E-state index < -0.39 is 0 Å². The Balaban J connectivity index is 2.36. The molecule has 6 heteroatoms. The third-order valence-corrected chi connectivity index (χ3v) is 4.13. The third kappa shape index (κ3) is 4.53. The van der Waals surface area contributed by atoms with E-state index in [0.717, 1.165) is 11.1 Å². The Hall–Kier alpha value is -3.02. The van der Waals surface area contributed by atoms with Crippen LogP contribution in [0.25, 0.3) is 11.1 Å². The van der Waals surface area contributed by atoms with Crippen molar-refractivity contribution >= 4 is 34.4 Å². The predicted octanol–water partition coefficient (Wildman–Crippen LogP) is 4.61. The molecule has 0 saturated carbocycles. The molecule has 6 nitrogen and oxygen atoms in total. The number of nitrogens with two attached hydrogens (primary N) is 2. The lowest BCUT2D eigenvalue weighted by Crippen LogP contribution is -2.18. The van der Waals surface area contributed by atoms with E-state index in [1.165, 1.54) is 0 Å². The lowest BCUT2D eigenvalue weighted by atomic mass is 10.0. The van der Waals surface area contributed by atoms with Crippen molar-refractivity contribution in [2.45, 2.75) is 27.7 Å². The number of amidine groups is 2. The third-order valence-electron chi connectivity index (χ3n) is 4.13. The van der Waals surface area contributed by atoms with Gasteiger partial charge in [-0.15, -0.1) is 0 Å². The van der Waals surface area contributed by atoms with Gasteiger partial charge >= 0.3 is 0 Å². The normalized spacial score (nSPS) is 10.8. The number of rotatable bonds is 5. The lowest BCUT2D eigenvalue weighted by molar-refractivity contribution is 0.873. The molecule has 0 heterocycles. The molecule has 0 aliphatic heterocycles. The summed E-state index contributed by atoms with van der Waals surface area (Å²) in [4.78, 5) is 0. The Labute approximate surface area is 155 Å². The highest BCUT2D eigenvalue weighted by Gasteiger charge is 2.10. The van der Waals surface area contributed by atoms with Crippen LogP contribution in [0.1, 0.15) is 27.7 Å². The minimum absolute atomic E-state index is 0.0902. The fraction of sp³-hybridized carbons (Fsp3) is 0.300. The van der Waals surface area contributed by atoms with Crippen LogP contribution in [0.5, 0.6) is 0 Å². The zero-order chi connectivity index (χ0) is 19.4. The van der Waals surface area contributed by atoms with Crippen molar-refractivity contribution < 1.29 is 0 Å². The van der Waals surface area contributed by atoms with Crippen molar-refractivity contribution in [2.75, 3.05) is 22.1 Å². The monoisotopic (exact) mass is 352 g/mol.